The van der Waals surface area contributed by atoms with Crippen molar-refractivity contribution in [1.82, 2.24) is 5.32 Å². The van der Waals surface area contributed by atoms with Gasteiger partial charge < -0.3 is 10.2 Å². The molecule has 1 heterocycles. The van der Waals surface area contributed by atoms with Crippen LogP contribution in [0.25, 0.3) is 0 Å². The molecule has 0 fully saturated rings. The Balaban J connectivity index is 1.68. The number of benzene rings is 1. The van der Waals surface area contributed by atoms with Crippen LogP contribution in [0.1, 0.15) is 16.1 Å². The SMILES string of the molecule is CN(CCCNC(=O)c1cccs1)c1ccccc1. The molecule has 1 aromatic heterocycles. The van der Waals surface area contributed by atoms with Gasteiger partial charge in [-0.1, -0.05) is 24.3 Å². The Bertz CT molecular complexity index is 496. The average Bonchev–Trinajstić information content (AvgIpc) is 2.98. The molecule has 0 aliphatic carbocycles. The van der Waals surface area contributed by atoms with E-state index >= 15 is 0 Å². The lowest BCUT2D eigenvalue weighted by Gasteiger charge is -2.19. The van der Waals surface area contributed by atoms with Crippen LogP contribution in [-0.2, 0) is 0 Å². The van der Waals surface area contributed by atoms with E-state index in [0.29, 0.717) is 6.54 Å². The van der Waals surface area contributed by atoms with Crippen LogP contribution in [0.15, 0.2) is 47.8 Å². The first-order valence-electron chi connectivity index (χ1n) is 6.35. The second kappa shape index (κ2) is 6.95. The minimum Gasteiger partial charge on any atom is -0.375 e. The zero-order chi connectivity index (χ0) is 13.5. The van der Waals surface area contributed by atoms with Crippen LogP contribution in [0.3, 0.4) is 0 Å². The number of rotatable bonds is 6. The van der Waals surface area contributed by atoms with E-state index in [0.717, 1.165) is 17.8 Å². The maximum Gasteiger partial charge on any atom is 0.261 e. The van der Waals surface area contributed by atoms with Gasteiger partial charge in [-0.25, -0.2) is 0 Å². The van der Waals surface area contributed by atoms with Crippen molar-refractivity contribution in [2.45, 2.75) is 6.42 Å². The summed E-state index contributed by atoms with van der Waals surface area (Å²) in [5.41, 5.74) is 1.20. The van der Waals surface area contributed by atoms with Crippen molar-refractivity contribution < 1.29 is 4.79 Å². The number of nitrogens with zero attached hydrogens (tertiary/aromatic N) is 1. The minimum absolute atomic E-state index is 0.0253. The van der Waals surface area contributed by atoms with E-state index in [1.165, 1.54) is 17.0 Å². The molecule has 3 nitrogen and oxygen atoms in total. The van der Waals surface area contributed by atoms with E-state index in [-0.39, 0.29) is 5.91 Å². The third kappa shape index (κ3) is 4.10. The van der Waals surface area contributed by atoms with Crippen molar-refractivity contribution in [3.05, 3.63) is 52.7 Å². The predicted octanol–water partition coefficient (Wildman–Crippen LogP) is 3.00. The van der Waals surface area contributed by atoms with Crippen LogP contribution < -0.4 is 10.2 Å². The molecule has 0 aliphatic heterocycles. The predicted molar refractivity (Wildman–Crippen MR) is 81.0 cm³/mol. The largest absolute Gasteiger partial charge is 0.375 e. The van der Waals surface area contributed by atoms with Crippen LogP contribution in [-0.4, -0.2) is 26.0 Å². The fourth-order valence-electron chi connectivity index (χ4n) is 1.82. The lowest BCUT2D eigenvalue weighted by Crippen LogP contribution is -2.27. The Morgan fingerprint density at radius 3 is 2.68 bits per heavy atom. The molecule has 1 amide bonds. The third-order valence-electron chi connectivity index (χ3n) is 2.90. The van der Waals surface area contributed by atoms with Crippen molar-refractivity contribution in [3.63, 3.8) is 0 Å². The molecule has 0 saturated carbocycles. The molecule has 0 bridgehead atoms. The molecule has 0 aliphatic rings. The average molecular weight is 274 g/mol. The van der Waals surface area contributed by atoms with Gasteiger partial charge >= 0.3 is 0 Å². The van der Waals surface area contributed by atoms with Gasteiger partial charge in [0.25, 0.3) is 5.91 Å². The minimum atomic E-state index is 0.0253. The van der Waals surface area contributed by atoms with Gasteiger partial charge in [0.2, 0.25) is 0 Å². The number of hydrogen-bond donors (Lipinski definition) is 1. The zero-order valence-electron chi connectivity index (χ0n) is 11.0. The summed E-state index contributed by atoms with van der Waals surface area (Å²) >= 11 is 1.47. The molecule has 1 N–H and O–H groups in total. The fraction of sp³-hybridized carbons (Fsp3) is 0.267. The van der Waals surface area contributed by atoms with Crippen molar-refractivity contribution in [2.75, 3.05) is 25.0 Å². The van der Waals surface area contributed by atoms with Crippen molar-refractivity contribution in [2.24, 2.45) is 0 Å². The van der Waals surface area contributed by atoms with Gasteiger partial charge in [-0.15, -0.1) is 11.3 Å². The van der Waals surface area contributed by atoms with Gasteiger partial charge in [-0.3, -0.25) is 4.79 Å². The summed E-state index contributed by atoms with van der Waals surface area (Å²) in [5.74, 6) is 0.0253. The quantitative estimate of drug-likeness (QED) is 0.821. The monoisotopic (exact) mass is 274 g/mol. The molecule has 0 atom stereocenters. The van der Waals surface area contributed by atoms with E-state index in [2.05, 4.69) is 29.4 Å². The van der Waals surface area contributed by atoms with Gasteiger partial charge in [0.1, 0.15) is 0 Å². The zero-order valence-corrected chi connectivity index (χ0v) is 11.8. The number of amides is 1. The smallest absolute Gasteiger partial charge is 0.261 e. The third-order valence-corrected chi connectivity index (χ3v) is 3.77. The van der Waals surface area contributed by atoms with Crippen LogP contribution in [0.2, 0.25) is 0 Å². The molecular formula is C15H18N2OS. The molecule has 0 radical (unpaired) electrons. The van der Waals surface area contributed by atoms with Crippen LogP contribution >= 0.6 is 11.3 Å². The summed E-state index contributed by atoms with van der Waals surface area (Å²) < 4.78 is 0. The fourth-order valence-corrected chi connectivity index (χ4v) is 2.46. The highest BCUT2D eigenvalue weighted by Crippen LogP contribution is 2.11. The van der Waals surface area contributed by atoms with Crippen molar-refractivity contribution in [1.29, 1.82) is 0 Å². The highest BCUT2D eigenvalue weighted by Gasteiger charge is 2.05. The first kappa shape index (κ1) is 13.6. The van der Waals surface area contributed by atoms with E-state index in [4.69, 9.17) is 0 Å². The number of carbonyl (C=O) groups is 1. The summed E-state index contributed by atoms with van der Waals surface area (Å²) in [4.78, 5) is 14.7. The number of anilines is 1. The first-order chi connectivity index (χ1) is 9.27. The molecule has 1 aromatic carbocycles. The van der Waals surface area contributed by atoms with E-state index < -0.39 is 0 Å². The number of nitrogens with one attached hydrogen (secondary N) is 1. The first-order valence-corrected chi connectivity index (χ1v) is 7.23. The summed E-state index contributed by atoms with van der Waals surface area (Å²) in [6.07, 6.45) is 0.933. The molecule has 0 saturated heterocycles. The second-order valence-corrected chi connectivity index (χ2v) is 5.29. The summed E-state index contributed by atoms with van der Waals surface area (Å²) in [5, 5.41) is 4.85. The maximum atomic E-state index is 11.7. The Labute approximate surface area is 117 Å². The number of thiophene rings is 1. The normalized spacial score (nSPS) is 10.2. The molecule has 100 valence electrons. The Morgan fingerprint density at radius 1 is 1.21 bits per heavy atom. The molecule has 2 rings (SSSR count). The summed E-state index contributed by atoms with van der Waals surface area (Å²) in [6, 6.07) is 14.0. The van der Waals surface area contributed by atoms with Gasteiger partial charge in [-0.05, 0) is 30.0 Å². The second-order valence-electron chi connectivity index (χ2n) is 4.34. The number of para-hydroxylation sites is 1. The highest BCUT2D eigenvalue weighted by molar-refractivity contribution is 7.12. The Morgan fingerprint density at radius 2 is 2.00 bits per heavy atom. The Kier molecular flexibility index (Phi) is 4.98. The molecule has 4 heteroatoms. The molecule has 0 spiro atoms. The highest BCUT2D eigenvalue weighted by atomic mass is 32.1. The van der Waals surface area contributed by atoms with Crippen LogP contribution in [0.5, 0.6) is 0 Å². The number of hydrogen-bond acceptors (Lipinski definition) is 3. The maximum absolute atomic E-state index is 11.7. The van der Waals surface area contributed by atoms with Gasteiger partial charge in [0.15, 0.2) is 0 Å². The topological polar surface area (TPSA) is 32.3 Å². The molecular weight excluding hydrogens is 256 g/mol. The van der Waals surface area contributed by atoms with Crippen LogP contribution in [0, 0.1) is 0 Å². The summed E-state index contributed by atoms with van der Waals surface area (Å²) in [6.45, 7) is 1.63. The molecule has 0 unspecified atom stereocenters. The van der Waals surface area contributed by atoms with Crippen molar-refractivity contribution in [3.8, 4) is 0 Å². The lowest BCUT2D eigenvalue weighted by atomic mass is 10.3. The number of carbonyl (C=O) groups excluding carboxylic acids is 1. The lowest BCUT2D eigenvalue weighted by molar-refractivity contribution is 0.0957. The van der Waals surface area contributed by atoms with Crippen molar-refractivity contribution >= 4 is 22.9 Å². The van der Waals surface area contributed by atoms with Crippen LogP contribution in [0.4, 0.5) is 5.69 Å². The molecule has 2 aromatic rings. The molecule has 19 heavy (non-hydrogen) atoms. The van der Waals surface area contributed by atoms with E-state index in [1.54, 1.807) is 0 Å². The van der Waals surface area contributed by atoms with Gasteiger partial charge in [0.05, 0.1) is 4.88 Å². The Hall–Kier alpha value is -1.81. The van der Waals surface area contributed by atoms with Gasteiger partial charge in [0, 0.05) is 25.8 Å². The summed E-state index contributed by atoms with van der Waals surface area (Å²) in [7, 11) is 2.07. The standard InChI is InChI=1S/C15H18N2OS/c1-17(13-7-3-2-4-8-13)11-6-10-16-15(18)14-9-5-12-19-14/h2-5,7-9,12H,6,10-11H2,1H3,(H,16,18). The van der Waals surface area contributed by atoms with E-state index in [1.807, 2.05) is 35.7 Å². The van der Waals surface area contributed by atoms with Gasteiger partial charge in [-0.2, -0.15) is 0 Å². The van der Waals surface area contributed by atoms with E-state index in [9.17, 15) is 4.79 Å².